The van der Waals surface area contributed by atoms with Gasteiger partial charge in [-0.25, -0.2) is 4.98 Å². The van der Waals surface area contributed by atoms with Crippen LogP contribution in [-0.2, 0) is 5.75 Å². The Morgan fingerprint density at radius 3 is 2.82 bits per heavy atom. The average molecular weight is 256 g/mol. The molecule has 2 aromatic rings. The van der Waals surface area contributed by atoms with Gasteiger partial charge in [-0.1, -0.05) is 12.1 Å². The fourth-order valence-corrected chi connectivity index (χ4v) is 2.25. The quantitative estimate of drug-likeness (QED) is 0.853. The second-order valence-corrected chi connectivity index (χ2v) is 4.30. The first-order valence-electron chi connectivity index (χ1n) is 4.89. The highest BCUT2D eigenvalue weighted by molar-refractivity contribution is 7.98. The summed E-state index contributed by atoms with van der Waals surface area (Å²) in [5.41, 5.74) is 0. The number of alkyl halides is 2. The molecule has 0 amide bonds. The minimum Gasteiger partial charge on any atom is -0.507 e. The standard InChI is InChI=1S/C11H10F2N2OS/c12-11(13)15-6-5-14-10(15)7-17-9-4-2-1-3-8(9)16/h1-6,11,16H,7H2. The summed E-state index contributed by atoms with van der Waals surface area (Å²) >= 11 is 1.27. The van der Waals surface area contributed by atoms with Crippen molar-refractivity contribution in [2.75, 3.05) is 0 Å². The Kier molecular flexibility index (Phi) is 3.63. The molecular formula is C11H10F2N2OS. The second kappa shape index (κ2) is 5.18. The van der Waals surface area contributed by atoms with Gasteiger partial charge in [0.2, 0.25) is 0 Å². The molecule has 6 heteroatoms. The van der Waals surface area contributed by atoms with Crippen molar-refractivity contribution in [1.82, 2.24) is 9.55 Å². The van der Waals surface area contributed by atoms with E-state index in [9.17, 15) is 13.9 Å². The van der Waals surface area contributed by atoms with Gasteiger partial charge in [-0.15, -0.1) is 11.8 Å². The van der Waals surface area contributed by atoms with Gasteiger partial charge in [0.05, 0.1) is 5.75 Å². The Morgan fingerprint density at radius 1 is 1.35 bits per heavy atom. The number of aromatic nitrogens is 2. The normalized spacial score (nSPS) is 11.0. The van der Waals surface area contributed by atoms with Crippen molar-refractivity contribution in [1.29, 1.82) is 0 Å². The SMILES string of the molecule is Oc1ccccc1SCc1nccn1C(F)F. The van der Waals surface area contributed by atoms with Crippen molar-refractivity contribution in [2.45, 2.75) is 17.2 Å². The maximum atomic E-state index is 12.5. The first kappa shape index (κ1) is 11.9. The van der Waals surface area contributed by atoms with E-state index in [1.165, 1.54) is 24.2 Å². The van der Waals surface area contributed by atoms with Crippen LogP contribution >= 0.6 is 11.8 Å². The van der Waals surface area contributed by atoms with Gasteiger partial charge in [0, 0.05) is 17.3 Å². The number of hydrogen-bond donors (Lipinski definition) is 1. The van der Waals surface area contributed by atoms with Crippen molar-refractivity contribution in [3.8, 4) is 5.75 Å². The fourth-order valence-electron chi connectivity index (χ4n) is 1.35. The van der Waals surface area contributed by atoms with Gasteiger partial charge in [-0.2, -0.15) is 8.78 Å². The van der Waals surface area contributed by atoms with E-state index in [4.69, 9.17) is 0 Å². The van der Waals surface area contributed by atoms with Crippen LogP contribution in [0.4, 0.5) is 8.78 Å². The van der Waals surface area contributed by atoms with Crippen LogP contribution < -0.4 is 0 Å². The number of nitrogens with zero attached hydrogens (tertiary/aromatic N) is 2. The molecule has 0 spiro atoms. The Balaban J connectivity index is 2.08. The van der Waals surface area contributed by atoms with Crippen molar-refractivity contribution >= 4 is 11.8 Å². The smallest absolute Gasteiger partial charge is 0.319 e. The lowest BCUT2D eigenvalue weighted by atomic mass is 10.3. The number of hydrogen-bond acceptors (Lipinski definition) is 3. The minimum absolute atomic E-state index is 0.146. The van der Waals surface area contributed by atoms with Crippen LogP contribution in [0.3, 0.4) is 0 Å². The lowest BCUT2D eigenvalue weighted by Gasteiger charge is -2.06. The van der Waals surface area contributed by atoms with Gasteiger partial charge in [0.15, 0.2) is 0 Å². The Labute approximate surface area is 101 Å². The van der Waals surface area contributed by atoms with E-state index >= 15 is 0 Å². The van der Waals surface area contributed by atoms with Crippen molar-refractivity contribution in [3.63, 3.8) is 0 Å². The van der Waals surface area contributed by atoms with E-state index in [2.05, 4.69) is 4.98 Å². The third kappa shape index (κ3) is 2.76. The zero-order valence-electron chi connectivity index (χ0n) is 8.75. The molecule has 0 saturated carbocycles. The molecule has 2 rings (SSSR count). The van der Waals surface area contributed by atoms with Gasteiger partial charge < -0.3 is 5.11 Å². The molecule has 90 valence electrons. The summed E-state index contributed by atoms with van der Waals surface area (Å²) in [4.78, 5) is 4.51. The molecule has 1 aromatic heterocycles. The number of phenolic OH excluding ortho intramolecular Hbond substituents is 1. The molecule has 17 heavy (non-hydrogen) atoms. The summed E-state index contributed by atoms with van der Waals surface area (Å²) < 4.78 is 25.9. The van der Waals surface area contributed by atoms with E-state index in [1.807, 2.05) is 0 Å². The monoisotopic (exact) mass is 256 g/mol. The van der Waals surface area contributed by atoms with Gasteiger partial charge in [0.25, 0.3) is 0 Å². The van der Waals surface area contributed by atoms with Gasteiger partial charge >= 0.3 is 6.55 Å². The van der Waals surface area contributed by atoms with Crippen LogP contribution in [0.15, 0.2) is 41.6 Å². The Hall–Kier alpha value is -1.56. The predicted molar refractivity (Wildman–Crippen MR) is 61.1 cm³/mol. The number of halogens is 2. The number of rotatable bonds is 4. The van der Waals surface area contributed by atoms with Crippen molar-refractivity contribution in [3.05, 3.63) is 42.5 Å². The van der Waals surface area contributed by atoms with Crippen molar-refractivity contribution in [2.24, 2.45) is 0 Å². The molecule has 0 bridgehead atoms. The Bertz CT molecular complexity index is 502. The molecule has 1 aromatic carbocycles. The van der Waals surface area contributed by atoms with Crippen LogP contribution in [0.25, 0.3) is 0 Å². The average Bonchev–Trinajstić information content (AvgIpc) is 2.76. The van der Waals surface area contributed by atoms with E-state index in [0.717, 1.165) is 4.57 Å². The zero-order chi connectivity index (χ0) is 12.3. The number of aromatic hydroxyl groups is 1. The van der Waals surface area contributed by atoms with Gasteiger partial charge in [-0.3, -0.25) is 4.57 Å². The first-order chi connectivity index (χ1) is 8.18. The zero-order valence-corrected chi connectivity index (χ0v) is 9.57. The molecule has 0 unspecified atom stereocenters. The van der Waals surface area contributed by atoms with E-state index < -0.39 is 6.55 Å². The molecule has 0 radical (unpaired) electrons. The van der Waals surface area contributed by atoms with Crippen LogP contribution in [0.2, 0.25) is 0 Å². The molecular weight excluding hydrogens is 246 g/mol. The molecule has 0 atom stereocenters. The topological polar surface area (TPSA) is 38.1 Å². The summed E-state index contributed by atoms with van der Waals surface area (Å²) in [6.45, 7) is -2.59. The predicted octanol–water partition coefficient (Wildman–Crippen LogP) is 3.28. The van der Waals surface area contributed by atoms with E-state index in [1.54, 1.807) is 24.3 Å². The molecule has 0 fully saturated rings. The van der Waals surface area contributed by atoms with E-state index in [0.29, 0.717) is 4.90 Å². The molecule has 0 aliphatic heterocycles. The third-order valence-corrected chi connectivity index (χ3v) is 3.24. The number of phenols is 1. The third-order valence-electron chi connectivity index (χ3n) is 2.18. The largest absolute Gasteiger partial charge is 0.507 e. The minimum atomic E-state index is -2.59. The summed E-state index contributed by atoms with van der Waals surface area (Å²) in [7, 11) is 0. The Morgan fingerprint density at radius 2 is 2.12 bits per heavy atom. The summed E-state index contributed by atoms with van der Waals surface area (Å²) in [6.07, 6.45) is 2.58. The highest BCUT2D eigenvalue weighted by Gasteiger charge is 2.12. The second-order valence-electron chi connectivity index (χ2n) is 3.28. The molecule has 3 nitrogen and oxygen atoms in total. The van der Waals surface area contributed by atoms with Crippen LogP contribution in [0.5, 0.6) is 5.75 Å². The summed E-state index contributed by atoms with van der Waals surface area (Å²) in [5.74, 6) is 0.718. The van der Waals surface area contributed by atoms with E-state index in [-0.39, 0.29) is 17.3 Å². The molecule has 0 aliphatic rings. The van der Waals surface area contributed by atoms with Crippen LogP contribution in [0, 0.1) is 0 Å². The maximum Gasteiger partial charge on any atom is 0.319 e. The molecule has 0 aliphatic carbocycles. The van der Waals surface area contributed by atoms with Gasteiger partial charge in [0.1, 0.15) is 11.6 Å². The summed E-state index contributed by atoms with van der Waals surface area (Å²) in [6, 6.07) is 6.78. The number of para-hydroxylation sites is 1. The van der Waals surface area contributed by atoms with Crippen LogP contribution in [-0.4, -0.2) is 14.7 Å². The van der Waals surface area contributed by atoms with Crippen molar-refractivity contribution < 1.29 is 13.9 Å². The van der Waals surface area contributed by atoms with Gasteiger partial charge in [-0.05, 0) is 12.1 Å². The molecule has 1 N–H and O–H groups in total. The lowest BCUT2D eigenvalue weighted by molar-refractivity contribution is 0.0678. The highest BCUT2D eigenvalue weighted by atomic mass is 32.2. The summed E-state index contributed by atoms with van der Waals surface area (Å²) in [5, 5.41) is 9.52. The fraction of sp³-hybridized carbons (Fsp3) is 0.182. The number of benzene rings is 1. The van der Waals surface area contributed by atoms with Crippen LogP contribution in [0.1, 0.15) is 12.4 Å². The maximum absolute atomic E-state index is 12.5. The lowest BCUT2D eigenvalue weighted by Crippen LogP contribution is -2.01. The molecule has 0 saturated heterocycles. The first-order valence-corrected chi connectivity index (χ1v) is 5.87. The highest BCUT2D eigenvalue weighted by Crippen LogP contribution is 2.30. The number of imidazole rings is 1. The number of thioether (sulfide) groups is 1. The molecule has 1 heterocycles.